The summed E-state index contributed by atoms with van der Waals surface area (Å²) in [7, 11) is 1.90. The van der Waals surface area contributed by atoms with Gasteiger partial charge >= 0.3 is 0 Å². The molecule has 3 fully saturated rings. The van der Waals surface area contributed by atoms with Gasteiger partial charge in [0.2, 0.25) is 0 Å². The molecule has 0 amide bonds. The Kier molecular flexibility index (Phi) is 9.46. The molecule has 0 bridgehead atoms. The minimum absolute atomic E-state index is 0. The van der Waals surface area contributed by atoms with Gasteiger partial charge in [-0.3, -0.25) is 14.8 Å². The molecule has 1 unspecified atom stereocenters. The minimum atomic E-state index is 0. The third-order valence-electron chi connectivity index (χ3n) is 5.05. The second kappa shape index (κ2) is 11.1. The van der Waals surface area contributed by atoms with Gasteiger partial charge in [-0.15, -0.1) is 24.0 Å². The Morgan fingerprint density at radius 1 is 1.17 bits per heavy atom. The van der Waals surface area contributed by atoms with Crippen molar-refractivity contribution in [1.29, 1.82) is 0 Å². The molecule has 140 valence electrons. The zero-order valence-corrected chi connectivity index (χ0v) is 17.9. The third kappa shape index (κ3) is 5.89. The molecule has 0 aromatic carbocycles. The number of guanidine groups is 1. The lowest BCUT2D eigenvalue weighted by Gasteiger charge is -2.32. The van der Waals surface area contributed by atoms with E-state index in [0.717, 1.165) is 58.4 Å². The molecular formula is C16H32IN5OS. The summed E-state index contributed by atoms with van der Waals surface area (Å²) in [5.41, 5.74) is 0. The van der Waals surface area contributed by atoms with Gasteiger partial charge in [0.05, 0.1) is 13.2 Å². The van der Waals surface area contributed by atoms with Crippen molar-refractivity contribution in [3.63, 3.8) is 0 Å². The second-order valence-corrected chi connectivity index (χ2v) is 7.69. The van der Waals surface area contributed by atoms with Crippen molar-refractivity contribution in [2.45, 2.75) is 12.5 Å². The van der Waals surface area contributed by atoms with E-state index < -0.39 is 0 Å². The molecule has 3 saturated heterocycles. The highest BCUT2D eigenvalue weighted by molar-refractivity contribution is 14.0. The van der Waals surface area contributed by atoms with Crippen molar-refractivity contribution >= 4 is 41.7 Å². The van der Waals surface area contributed by atoms with Gasteiger partial charge in [-0.25, -0.2) is 0 Å². The number of rotatable bonds is 4. The van der Waals surface area contributed by atoms with Crippen LogP contribution in [0.2, 0.25) is 0 Å². The van der Waals surface area contributed by atoms with Crippen molar-refractivity contribution in [1.82, 2.24) is 20.0 Å². The number of ether oxygens (including phenoxy) is 1. The molecule has 3 rings (SSSR count). The fourth-order valence-electron chi connectivity index (χ4n) is 3.66. The van der Waals surface area contributed by atoms with E-state index in [9.17, 15) is 0 Å². The zero-order chi connectivity index (χ0) is 15.9. The lowest BCUT2D eigenvalue weighted by molar-refractivity contribution is 0.0195. The predicted molar refractivity (Wildman–Crippen MR) is 113 cm³/mol. The number of nitrogens with one attached hydrogen (secondary N) is 1. The summed E-state index contributed by atoms with van der Waals surface area (Å²) >= 11 is 2.07. The zero-order valence-electron chi connectivity index (χ0n) is 14.8. The highest BCUT2D eigenvalue weighted by atomic mass is 127. The molecule has 3 aliphatic heterocycles. The van der Waals surface area contributed by atoms with Crippen LogP contribution in [-0.4, -0.2) is 111 Å². The molecule has 6 nitrogen and oxygen atoms in total. The van der Waals surface area contributed by atoms with Gasteiger partial charge in [0.1, 0.15) is 0 Å². The first-order valence-corrected chi connectivity index (χ1v) is 10.1. The average Bonchev–Trinajstić information content (AvgIpc) is 3.10. The summed E-state index contributed by atoms with van der Waals surface area (Å²) in [5.74, 6) is 3.64. The number of aliphatic imine (C=N–C) groups is 1. The van der Waals surface area contributed by atoms with E-state index in [4.69, 9.17) is 4.74 Å². The van der Waals surface area contributed by atoms with Crippen molar-refractivity contribution in [2.24, 2.45) is 4.99 Å². The van der Waals surface area contributed by atoms with Crippen molar-refractivity contribution in [3.8, 4) is 0 Å². The molecule has 0 radical (unpaired) electrons. The van der Waals surface area contributed by atoms with Gasteiger partial charge in [0.25, 0.3) is 0 Å². The maximum Gasteiger partial charge on any atom is 0.193 e. The van der Waals surface area contributed by atoms with Crippen LogP contribution in [0.25, 0.3) is 0 Å². The first-order chi connectivity index (χ1) is 11.4. The van der Waals surface area contributed by atoms with Gasteiger partial charge in [-0.2, -0.15) is 11.8 Å². The van der Waals surface area contributed by atoms with E-state index >= 15 is 0 Å². The summed E-state index contributed by atoms with van der Waals surface area (Å²) in [5, 5.41) is 3.57. The van der Waals surface area contributed by atoms with E-state index in [1.54, 1.807) is 0 Å². The van der Waals surface area contributed by atoms with E-state index in [0.29, 0.717) is 6.04 Å². The van der Waals surface area contributed by atoms with Gasteiger partial charge in [-0.05, 0) is 6.42 Å². The molecule has 0 aromatic rings. The minimum Gasteiger partial charge on any atom is -0.379 e. The number of likely N-dealkylation sites (tertiary alicyclic amines) is 1. The number of hydrogen-bond acceptors (Lipinski definition) is 5. The number of hydrogen-bond donors (Lipinski definition) is 1. The lowest BCUT2D eigenvalue weighted by atomic mass is 10.2. The molecule has 8 heteroatoms. The molecule has 0 aromatic heterocycles. The van der Waals surface area contributed by atoms with E-state index in [1.807, 2.05) is 7.05 Å². The maximum atomic E-state index is 5.47. The van der Waals surface area contributed by atoms with Crippen LogP contribution in [0.1, 0.15) is 6.42 Å². The Hall–Kier alpha value is 0.230. The summed E-state index contributed by atoms with van der Waals surface area (Å²) < 4.78 is 5.47. The van der Waals surface area contributed by atoms with Crippen molar-refractivity contribution in [2.75, 3.05) is 84.1 Å². The molecule has 0 saturated carbocycles. The molecule has 0 spiro atoms. The third-order valence-corrected chi connectivity index (χ3v) is 5.99. The molecule has 3 aliphatic rings. The molecule has 1 atom stereocenters. The first-order valence-electron chi connectivity index (χ1n) is 8.94. The summed E-state index contributed by atoms with van der Waals surface area (Å²) in [6, 6.07) is 0.663. The number of halogens is 1. The largest absolute Gasteiger partial charge is 0.379 e. The topological polar surface area (TPSA) is 43.3 Å². The molecule has 0 aliphatic carbocycles. The molecule has 24 heavy (non-hydrogen) atoms. The fourth-order valence-corrected chi connectivity index (χ4v) is 4.64. The number of nitrogens with zero attached hydrogens (tertiary/aromatic N) is 4. The van der Waals surface area contributed by atoms with Crippen molar-refractivity contribution in [3.05, 3.63) is 0 Å². The molecular weight excluding hydrogens is 437 g/mol. The van der Waals surface area contributed by atoms with Crippen LogP contribution < -0.4 is 5.32 Å². The Morgan fingerprint density at radius 3 is 2.62 bits per heavy atom. The monoisotopic (exact) mass is 469 g/mol. The summed E-state index contributed by atoms with van der Waals surface area (Å²) in [6.07, 6.45) is 1.24. The van der Waals surface area contributed by atoms with E-state index in [-0.39, 0.29) is 24.0 Å². The molecule has 3 heterocycles. The summed E-state index contributed by atoms with van der Waals surface area (Å²) in [4.78, 5) is 12.1. The van der Waals surface area contributed by atoms with Crippen LogP contribution >= 0.6 is 35.7 Å². The highest BCUT2D eigenvalue weighted by Crippen LogP contribution is 2.17. The quantitative estimate of drug-likeness (QED) is 0.371. The second-order valence-electron chi connectivity index (χ2n) is 6.46. The van der Waals surface area contributed by atoms with Crippen LogP contribution in [0.3, 0.4) is 0 Å². The van der Waals surface area contributed by atoms with Crippen molar-refractivity contribution < 1.29 is 4.74 Å². The Bertz CT molecular complexity index is 389. The van der Waals surface area contributed by atoms with E-state index in [2.05, 4.69) is 36.8 Å². The number of morpholine rings is 1. The lowest BCUT2D eigenvalue weighted by Crippen LogP contribution is -2.47. The average molecular weight is 469 g/mol. The van der Waals surface area contributed by atoms with Crippen LogP contribution in [0.15, 0.2) is 4.99 Å². The Labute approximate surface area is 167 Å². The molecule has 1 N–H and O–H groups in total. The van der Waals surface area contributed by atoms with Gasteiger partial charge in [-0.1, -0.05) is 0 Å². The fraction of sp³-hybridized carbons (Fsp3) is 0.938. The normalized spacial score (nSPS) is 27.1. The maximum absolute atomic E-state index is 5.47. The summed E-state index contributed by atoms with van der Waals surface area (Å²) in [6.45, 7) is 10.7. The Morgan fingerprint density at radius 2 is 1.92 bits per heavy atom. The van der Waals surface area contributed by atoms with Crippen LogP contribution in [0.5, 0.6) is 0 Å². The standard InChI is InChI=1S/C16H31N5OS.HI/c1-17-16(18-3-5-19-8-12-23-13-9-19)21-4-2-15(14-21)20-6-10-22-11-7-20;/h15H,2-14H2,1H3,(H,17,18);1H. The van der Waals surface area contributed by atoms with Gasteiger partial charge in [0, 0.05) is 77.0 Å². The smallest absolute Gasteiger partial charge is 0.193 e. The number of thioether (sulfide) groups is 1. The van der Waals surface area contributed by atoms with Crippen LogP contribution in [-0.2, 0) is 4.74 Å². The van der Waals surface area contributed by atoms with Crippen LogP contribution in [0.4, 0.5) is 0 Å². The van der Waals surface area contributed by atoms with E-state index in [1.165, 1.54) is 31.0 Å². The predicted octanol–water partition coefficient (Wildman–Crippen LogP) is 0.635. The van der Waals surface area contributed by atoms with Gasteiger partial charge < -0.3 is 15.0 Å². The van der Waals surface area contributed by atoms with Crippen LogP contribution in [0, 0.1) is 0 Å². The first kappa shape index (κ1) is 20.5. The highest BCUT2D eigenvalue weighted by Gasteiger charge is 2.30. The Balaban J connectivity index is 0.00000208. The van der Waals surface area contributed by atoms with Gasteiger partial charge in [0.15, 0.2) is 5.96 Å². The SMILES string of the molecule is CN=C(NCCN1CCSCC1)N1CCC(N2CCOCC2)C1.I.